The van der Waals surface area contributed by atoms with E-state index in [0.29, 0.717) is 6.42 Å². The fourth-order valence-corrected chi connectivity index (χ4v) is 3.48. The van der Waals surface area contributed by atoms with Crippen molar-refractivity contribution in [3.63, 3.8) is 0 Å². The summed E-state index contributed by atoms with van der Waals surface area (Å²) in [4.78, 5) is 2.52. The molecule has 2 heterocycles. The fraction of sp³-hybridized carbons (Fsp3) is 0.375. The number of hydrogen-bond donors (Lipinski definition) is 1. The number of aliphatic hydroxyl groups excluding tert-OH is 1. The molecule has 1 N–H and O–H groups in total. The molecular weight excluding hydrogens is 272 g/mol. The molecule has 0 saturated heterocycles. The molecule has 1 unspecified atom stereocenters. The molecule has 106 valence electrons. The Balaban J connectivity index is 1.90. The third-order valence-electron chi connectivity index (χ3n) is 3.63. The molecule has 3 nitrogen and oxygen atoms in total. The summed E-state index contributed by atoms with van der Waals surface area (Å²) in [6.45, 7) is 2.15. The Morgan fingerprint density at radius 2 is 2.20 bits per heavy atom. The van der Waals surface area contributed by atoms with Gasteiger partial charge >= 0.3 is 0 Å². The van der Waals surface area contributed by atoms with Crippen LogP contribution in [0.2, 0.25) is 0 Å². The SMILES string of the molecule is CCc1ccc(C2C[C@H](O)c3ccc(OC)cc3O2)s1. The second-order valence-corrected chi connectivity index (χ2v) is 6.12. The van der Waals surface area contributed by atoms with Crippen LogP contribution >= 0.6 is 11.3 Å². The minimum absolute atomic E-state index is 0.0742. The maximum atomic E-state index is 10.3. The van der Waals surface area contributed by atoms with Crippen LogP contribution in [-0.4, -0.2) is 12.2 Å². The first-order valence-corrected chi connectivity index (χ1v) is 7.64. The van der Waals surface area contributed by atoms with Gasteiger partial charge in [0.05, 0.1) is 13.2 Å². The van der Waals surface area contributed by atoms with Gasteiger partial charge in [-0.2, -0.15) is 0 Å². The third-order valence-corrected chi connectivity index (χ3v) is 4.96. The number of rotatable bonds is 3. The van der Waals surface area contributed by atoms with Gasteiger partial charge in [-0.3, -0.25) is 0 Å². The van der Waals surface area contributed by atoms with E-state index < -0.39 is 6.10 Å². The normalized spacial score (nSPS) is 21.1. The molecule has 20 heavy (non-hydrogen) atoms. The van der Waals surface area contributed by atoms with Gasteiger partial charge in [0.15, 0.2) is 0 Å². The Kier molecular flexibility index (Phi) is 3.68. The molecule has 4 heteroatoms. The first kappa shape index (κ1) is 13.5. The van der Waals surface area contributed by atoms with Crippen molar-refractivity contribution in [1.29, 1.82) is 0 Å². The van der Waals surface area contributed by atoms with Crippen molar-refractivity contribution in [3.05, 3.63) is 45.6 Å². The van der Waals surface area contributed by atoms with Gasteiger partial charge in [0, 0.05) is 27.8 Å². The monoisotopic (exact) mass is 290 g/mol. The lowest BCUT2D eigenvalue weighted by molar-refractivity contribution is 0.0672. The molecule has 1 aliphatic rings. The predicted molar refractivity (Wildman–Crippen MR) is 79.6 cm³/mol. The molecule has 0 aliphatic carbocycles. The highest BCUT2D eigenvalue weighted by Gasteiger charge is 2.29. The van der Waals surface area contributed by atoms with E-state index in [9.17, 15) is 5.11 Å². The van der Waals surface area contributed by atoms with Crippen molar-refractivity contribution in [3.8, 4) is 11.5 Å². The Hall–Kier alpha value is -1.52. The van der Waals surface area contributed by atoms with Crippen molar-refractivity contribution in [2.45, 2.75) is 32.0 Å². The maximum Gasteiger partial charge on any atom is 0.136 e. The van der Waals surface area contributed by atoms with Crippen LogP contribution in [0, 0.1) is 0 Å². The van der Waals surface area contributed by atoms with Gasteiger partial charge in [-0.15, -0.1) is 11.3 Å². The van der Waals surface area contributed by atoms with Gasteiger partial charge in [-0.25, -0.2) is 0 Å². The predicted octanol–water partition coefficient (Wildman–Crippen LogP) is 3.88. The van der Waals surface area contributed by atoms with Gasteiger partial charge in [0.1, 0.15) is 17.6 Å². The van der Waals surface area contributed by atoms with E-state index >= 15 is 0 Å². The smallest absolute Gasteiger partial charge is 0.136 e. The lowest BCUT2D eigenvalue weighted by Crippen LogP contribution is -2.18. The number of aryl methyl sites for hydroxylation is 1. The topological polar surface area (TPSA) is 38.7 Å². The summed E-state index contributed by atoms with van der Waals surface area (Å²) < 4.78 is 11.3. The summed E-state index contributed by atoms with van der Waals surface area (Å²) in [7, 11) is 1.63. The molecule has 0 amide bonds. The Morgan fingerprint density at radius 1 is 1.35 bits per heavy atom. The quantitative estimate of drug-likeness (QED) is 0.932. The van der Waals surface area contributed by atoms with Gasteiger partial charge in [-0.05, 0) is 30.7 Å². The molecule has 1 aromatic heterocycles. The van der Waals surface area contributed by atoms with Crippen LogP contribution in [0.4, 0.5) is 0 Å². The Morgan fingerprint density at radius 3 is 2.90 bits per heavy atom. The van der Waals surface area contributed by atoms with Crippen LogP contribution in [-0.2, 0) is 6.42 Å². The summed E-state index contributed by atoms with van der Waals surface area (Å²) in [5.74, 6) is 1.47. The van der Waals surface area contributed by atoms with Crippen LogP contribution in [0.3, 0.4) is 0 Å². The summed E-state index contributed by atoms with van der Waals surface area (Å²) in [5, 5.41) is 10.3. The van der Waals surface area contributed by atoms with Gasteiger partial charge in [0.25, 0.3) is 0 Å². The number of hydrogen-bond acceptors (Lipinski definition) is 4. The van der Waals surface area contributed by atoms with Crippen molar-refractivity contribution >= 4 is 11.3 Å². The second kappa shape index (κ2) is 5.46. The molecule has 2 aromatic rings. The molecule has 1 aromatic carbocycles. The van der Waals surface area contributed by atoms with E-state index in [2.05, 4.69) is 19.1 Å². The largest absolute Gasteiger partial charge is 0.497 e. The summed E-state index contributed by atoms with van der Waals surface area (Å²) in [6.07, 6.45) is 1.07. The molecule has 0 bridgehead atoms. The molecular formula is C16H18O3S. The highest BCUT2D eigenvalue weighted by Crippen LogP contribution is 2.43. The highest BCUT2D eigenvalue weighted by molar-refractivity contribution is 7.12. The van der Waals surface area contributed by atoms with E-state index in [1.165, 1.54) is 9.75 Å². The summed E-state index contributed by atoms with van der Waals surface area (Å²) in [6, 6.07) is 9.81. The molecule has 2 atom stereocenters. The van der Waals surface area contributed by atoms with Crippen LogP contribution in [0.25, 0.3) is 0 Å². The van der Waals surface area contributed by atoms with E-state index in [0.717, 1.165) is 23.5 Å². The standard InChI is InChI=1S/C16H18O3S/c1-3-11-5-7-16(20-11)15-9-13(17)12-6-4-10(18-2)8-14(12)19-15/h4-8,13,15,17H,3,9H2,1-2H3/t13-,15?/m0/s1. The van der Waals surface area contributed by atoms with Crippen LogP contribution in [0.1, 0.15) is 40.9 Å². The number of ether oxygens (including phenoxy) is 2. The van der Waals surface area contributed by atoms with Crippen molar-refractivity contribution in [2.75, 3.05) is 7.11 Å². The zero-order valence-corrected chi connectivity index (χ0v) is 12.4. The van der Waals surface area contributed by atoms with E-state index in [4.69, 9.17) is 9.47 Å². The van der Waals surface area contributed by atoms with Crippen LogP contribution in [0.15, 0.2) is 30.3 Å². The van der Waals surface area contributed by atoms with Gasteiger partial charge in [0.2, 0.25) is 0 Å². The number of thiophene rings is 1. The zero-order valence-electron chi connectivity index (χ0n) is 11.6. The minimum Gasteiger partial charge on any atom is -0.497 e. The van der Waals surface area contributed by atoms with Crippen molar-refractivity contribution < 1.29 is 14.6 Å². The van der Waals surface area contributed by atoms with Crippen LogP contribution in [0.5, 0.6) is 11.5 Å². The van der Waals surface area contributed by atoms with Gasteiger partial charge in [-0.1, -0.05) is 6.92 Å². The zero-order chi connectivity index (χ0) is 14.1. The molecule has 3 rings (SSSR count). The summed E-state index contributed by atoms with van der Waals surface area (Å²) >= 11 is 1.76. The number of methoxy groups -OCH3 is 1. The number of benzene rings is 1. The van der Waals surface area contributed by atoms with Crippen molar-refractivity contribution in [2.24, 2.45) is 0 Å². The number of fused-ring (bicyclic) bond motifs is 1. The second-order valence-electron chi connectivity index (χ2n) is 4.92. The highest BCUT2D eigenvalue weighted by atomic mass is 32.1. The Labute approximate surface area is 122 Å². The van der Waals surface area contributed by atoms with E-state index in [-0.39, 0.29) is 6.10 Å². The first-order valence-electron chi connectivity index (χ1n) is 6.82. The lowest BCUT2D eigenvalue weighted by atomic mass is 9.98. The molecule has 0 saturated carbocycles. The van der Waals surface area contributed by atoms with E-state index in [1.54, 1.807) is 18.4 Å². The minimum atomic E-state index is -0.484. The van der Waals surface area contributed by atoms with Crippen LogP contribution < -0.4 is 9.47 Å². The average molecular weight is 290 g/mol. The van der Waals surface area contributed by atoms with Gasteiger partial charge < -0.3 is 14.6 Å². The maximum absolute atomic E-state index is 10.3. The fourth-order valence-electron chi connectivity index (χ4n) is 2.48. The molecule has 0 spiro atoms. The van der Waals surface area contributed by atoms with E-state index in [1.807, 2.05) is 18.2 Å². The average Bonchev–Trinajstić information content (AvgIpc) is 2.95. The lowest BCUT2D eigenvalue weighted by Gasteiger charge is -2.29. The third kappa shape index (κ3) is 2.41. The summed E-state index contributed by atoms with van der Waals surface area (Å²) in [5.41, 5.74) is 0.842. The molecule has 1 aliphatic heterocycles. The molecule has 0 fully saturated rings. The Bertz CT molecular complexity index is 606. The molecule has 0 radical (unpaired) electrons. The first-order chi connectivity index (χ1) is 9.71. The number of aliphatic hydroxyl groups is 1. The van der Waals surface area contributed by atoms with Crippen molar-refractivity contribution in [1.82, 2.24) is 0 Å².